The number of nitrogens with one attached hydrogen (secondary N) is 2. The molecule has 0 saturated heterocycles. The maximum absolute atomic E-state index is 12.8. The summed E-state index contributed by atoms with van der Waals surface area (Å²) < 4.78 is 23.3. The number of rotatable bonds is 5. The summed E-state index contributed by atoms with van der Waals surface area (Å²) in [5.41, 5.74) is 4.85. The minimum atomic E-state index is -0.881. The number of carbonyl (C=O) groups is 2. The van der Waals surface area contributed by atoms with Gasteiger partial charge in [-0.05, 0) is 43.3 Å². The van der Waals surface area contributed by atoms with Gasteiger partial charge in [0.2, 0.25) is 0 Å². The molecule has 126 valence electrons. The second kappa shape index (κ2) is 7.96. The Morgan fingerprint density at radius 1 is 1.04 bits per heavy atom. The molecule has 2 aromatic rings. The van der Waals surface area contributed by atoms with Crippen LogP contribution in [0.5, 0.6) is 11.5 Å². The van der Waals surface area contributed by atoms with E-state index in [9.17, 15) is 14.0 Å². The van der Waals surface area contributed by atoms with Crippen LogP contribution in [0, 0.1) is 5.82 Å². The van der Waals surface area contributed by atoms with Gasteiger partial charge in [-0.3, -0.25) is 20.4 Å². The number of benzene rings is 2. The molecule has 0 heterocycles. The van der Waals surface area contributed by atoms with Gasteiger partial charge in [-0.25, -0.2) is 4.39 Å². The lowest BCUT2D eigenvalue weighted by Gasteiger charge is -2.15. The molecule has 2 rings (SSSR count). The first-order valence-electron chi connectivity index (χ1n) is 7.16. The lowest BCUT2D eigenvalue weighted by atomic mass is 10.2. The minimum absolute atomic E-state index is 0.285. The topological polar surface area (TPSA) is 76.7 Å². The molecule has 0 radical (unpaired) electrons. The molecular formula is C17H17FN2O4. The molecule has 7 heteroatoms. The van der Waals surface area contributed by atoms with Gasteiger partial charge in [0.05, 0.1) is 12.7 Å². The Morgan fingerprint density at radius 3 is 2.38 bits per heavy atom. The summed E-state index contributed by atoms with van der Waals surface area (Å²) in [5.74, 6) is -0.740. The summed E-state index contributed by atoms with van der Waals surface area (Å²) in [4.78, 5) is 24.0. The van der Waals surface area contributed by atoms with Crippen molar-refractivity contribution in [2.24, 2.45) is 0 Å². The van der Waals surface area contributed by atoms with Crippen LogP contribution in [0.4, 0.5) is 4.39 Å². The number of methoxy groups -OCH3 is 1. The third-order valence-electron chi connectivity index (χ3n) is 3.15. The Bertz CT molecular complexity index is 719. The van der Waals surface area contributed by atoms with E-state index in [0.29, 0.717) is 11.5 Å². The number of hydrogen-bond acceptors (Lipinski definition) is 4. The highest BCUT2D eigenvalue weighted by Crippen LogP contribution is 2.16. The molecule has 1 unspecified atom stereocenters. The Balaban J connectivity index is 1.90. The molecule has 1 atom stereocenters. The average molecular weight is 332 g/mol. The zero-order valence-electron chi connectivity index (χ0n) is 13.2. The van der Waals surface area contributed by atoms with Crippen molar-refractivity contribution in [1.29, 1.82) is 0 Å². The van der Waals surface area contributed by atoms with Gasteiger partial charge in [-0.15, -0.1) is 0 Å². The first kappa shape index (κ1) is 17.3. The molecule has 0 aliphatic heterocycles. The fourth-order valence-electron chi connectivity index (χ4n) is 1.89. The molecule has 0 aliphatic carbocycles. The van der Waals surface area contributed by atoms with E-state index in [1.165, 1.54) is 38.3 Å². The molecule has 24 heavy (non-hydrogen) atoms. The van der Waals surface area contributed by atoms with E-state index in [2.05, 4.69) is 10.9 Å². The average Bonchev–Trinajstić information content (AvgIpc) is 2.61. The molecular weight excluding hydrogens is 315 g/mol. The highest BCUT2D eigenvalue weighted by molar-refractivity contribution is 5.98. The number of para-hydroxylation sites is 1. The summed E-state index contributed by atoms with van der Waals surface area (Å²) in [7, 11) is 1.45. The van der Waals surface area contributed by atoms with Gasteiger partial charge >= 0.3 is 0 Å². The number of hydrazine groups is 1. The van der Waals surface area contributed by atoms with Gasteiger partial charge in [0.15, 0.2) is 6.10 Å². The van der Waals surface area contributed by atoms with Crippen LogP contribution in [0.3, 0.4) is 0 Å². The fraction of sp³-hybridized carbons (Fsp3) is 0.176. The van der Waals surface area contributed by atoms with Crippen molar-refractivity contribution >= 4 is 11.8 Å². The van der Waals surface area contributed by atoms with Gasteiger partial charge < -0.3 is 9.47 Å². The van der Waals surface area contributed by atoms with E-state index in [1.807, 2.05) is 0 Å². The molecule has 6 nitrogen and oxygen atoms in total. The van der Waals surface area contributed by atoms with Crippen LogP contribution in [0.15, 0.2) is 48.5 Å². The largest absolute Gasteiger partial charge is 0.496 e. The fourth-order valence-corrected chi connectivity index (χ4v) is 1.89. The quantitative estimate of drug-likeness (QED) is 0.822. The summed E-state index contributed by atoms with van der Waals surface area (Å²) in [6.07, 6.45) is -0.881. The monoisotopic (exact) mass is 332 g/mol. The second-order valence-corrected chi connectivity index (χ2v) is 4.86. The number of hydrogen-bond donors (Lipinski definition) is 2. The molecule has 0 aromatic heterocycles. The van der Waals surface area contributed by atoms with E-state index in [0.717, 1.165) is 0 Å². The van der Waals surface area contributed by atoms with Gasteiger partial charge in [0, 0.05) is 0 Å². The van der Waals surface area contributed by atoms with Gasteiger partial charge in [-0.2, -0.15) is 0 Å². The first-order chi connectivity index (χ1) is 11.5. The molecule has 0 fully saturated rings. The predicted octanol–water partition coefficient (Wildman–Crippen LogP) is 2.06. The molecule has 0 spiro atoms. The Labute approximate surface area is 138 Å². The van der Waals surface area contributed by atoms with E-state index < -0.39 is 23.7 Å². The van der Waals surface area contributed by atoms with E-state index >= 15 is 0 Å². The lowest BCUT2D eigenvalue weighted by molar-refractivity contribution is -0.128. The maximum atomic E-state index is 12.8. The Morgan fingerprint density at radius 2 is 1.71 bits per heavy atom. The van der Waals surface area contributed by atoms with Crippen LogP contribution >= 0.6 is 0 Å². The van der Waals surface area contributed by atoms with Crippen LogP contribution in [0.1, 0.15) is 17.3 Å². The van der Waals surface area contributed by atoms with Gasteiger partial charge in [0.1, 0.15) is 17.3 Å². The Hall–Kier alpha value is -3.09. The molecule has 0 saturated carbocycles. The standard InChI is InChI=1S/C17H17FN2O4/c1-11(24-13-9-7-12(18)8-10-13)16(21)19-20-17(22)14-5-3-4-6-15(14)23-2/h3-11H,1-2H3,(H,19,21)(H,20,22). The number of amides is 2. The molecule has 2 N–H and O–H groups in total. The lowest BCUT2D eigenvalue weighted by Crippen LogP contribution is -2.47. The van der Waals surface area contributed by atoms with Crippen LogP contribution in [-0.2, 0) is 4.79 Å². The van der Waals surface area contributed by atoms with Crippen molar-refractivity contribution in [3.8, 4) is 11.5 Å². The normalized spacial score (nSPS) is 11.3. The minimum Gasteiger partial charge on any atom is -0.496 e. The third-order valence-corrected chi connectivity index (χ3v) is 3.15. The molecule has 0 aliphatic rings. The zero-order chi connectivity index (χ0) is 17.5. The predicted molar refractivity (Wildman–Crippen MR) is 85.1 cm³/mol. The highest BCUT2D eigenvalue weighted by atomic mass is 19.1. The van der Waals surface area contributed by atoms with E-state index in [1.54, 1.807) is 24.3 Å². The number of halogens is 1. The Kier molecular flexibility index (Phi) is 5.73. The number of ether oxygens (including phenoxy) is 2. The van der Waals surface area contributed by atoms with Crippen LogP contribution < -0.4 is 20.3 Å². The van der Waals surface area contributed by atoms with Gasteiger partial charge in [-0.1, -0.05) is 12.1 Å². The van der Waals surface area contributed by atoms with E-state index in [4.69, 9.17) is 9.47 Å². The summed E-state index contributed by atoms with van der Waals surface area (Å²) in [5, 5.41) is 0. The number of carbonyl (C=O) groups excluding carboxylic acids is 2. The zero-order valence-corrected chi connectivity index (χ0v) is 13.2. The van der Waals surface area contributed by atoms with Gasteiger partial charge in [0.25, 0.3) is 11.8 Å². The first-order valence-corrected chi connectivity index (χ1v) is 7.16. The van der Waals surface area contributed by atoms with Crippen LogP contribution in [0.25, 0.3) is 0 Å². The molecule has 0 bridgehead atoms. The van der Waals surface area contributed by atoms with E-state index in [-0.39, 0.29) is 5.56 Å². The summed E-state index contributed by atoms with van der Waals surface area (Å²) >= 11 is 0. The summed E-state index contributed by atoms with van der Waals surface area (Å²) in [6, 6.07) is 11.9. The SMILES string of the molecule is COc1ccccc1C(=O)NNC(=O)C(C)Oc1ccc(F)cc1. The highest BCUT2D eigenvalue weighted by Gasteiger charge is 2.17. The molecule has 2 amide bonds. The second-order valence-electron chi connectivity index (χ2n) is 4.86. The smallest absolute Gasteiger partial charge is 0.279 e. The van der Waals surface area contributed by atoms with Crippen LogP contribution in [0.2, 0.25) is 0 Å². The van der Waals surface area contributed by atoms with Crippen LogP contribution in [-0.4, -0.2) is 25.0 Å². The van der Waals surface area contributed by atoms with Crippen molar-refractivity contribution in [2.75, 3.05) is 7.11 Å². The molecule has 2 aromatic carbocycles. The summed E-state index contributed by atoms with van der Waals surface area (Å²) in [6.45, 7) is 1.51. The van der Waals surface area contributed by atoms with Crippen molar-refractivity contribution in [3.63, 3.8) is 0 Å². The van der Waals surface area contributed by atoms with Crippen molar-refractivity contribution in [1.82, 2.24) is 10.9 Å². The van der Waals surface area contributed by atoms with Crippen molar-refractivity contribution < 1.29 is 23.5 Å². The maximum Gasteiger partial charge on any atom is 0.279 e. The van der Waals surface area contributed by atoms with Crippen molar-refractivity contribution in [2.45, 2.75) is 13.0 Å². The third kappa shape index (κ3) is 4.45. The van der Waals surface area contributed by atoms with Crippen molar-refractivity contribution in [3.05, 3.63) is 59.9 Å².